The van der Waals surface area contributed by atoms with E-state index in [4.69, 9.17) is 9.47 Å². The summed E-state index contributed by atoms with van der Waals surface area (Å²) >= 11 is 0. The van der Waals surface area contributed by atoms with E-state index in [0.717, 1.165) is 24.3 Å². The number of methoxy groups -OCH3 is 1. The molecule has 1 atom stereocenters. The Bertz CT molecular complexity index is 410. The Kier molecular flexibility index (Phi) is 4.80. The maximum atomic E-state index is 11.6. The van der Waals surface area contributed by atoms with Gasteiger partial charge in [0.2, 0.25) is 0 Å². The minimum Gasteiger partial charge on any atom is -0.490 e. The van der Waals surface area contributed by atoms with Gasteiger partial charge in [-0.1, -0.05) is 0 Å². The van der Waals surface area contributed by atoms with Gasteiger partial charge in [-0.15, -0.1) is 0 Å². The molecule has 1 fully saturated rings. The van der Waals surface area contributed by atoms with Gasteiger partial charge >= 0.3 is 0 Å². The van der Waals surface area contributed by atoms with Crippen LogP contribution >= 0.6 is 0 Å². The highest BCUT2D eigenvalue weighted by Crippen LogP contribution is 2.25. The molecule has 1 aromatic carbocycles. The fourth-order valence-electron chi connectivity index (χ4n) is 2.17. The summed E-state index contributed by atoms with van der Waals surface area (Å²) in [6, 6.07) is 7.49. The molecule has 1 saturated carbocycles. The second kappa shape index (κ2) is 6.57. The van der Waals surface area contributed by atoms with Crippen LogP contribution in [0.1, 0.15) is 32.6 Å². The van der Waals surface area contributed by atoms with E-state index >= 15 is 0 Å². The topological polar surface area (TPSA) is 47.6 Å². The monoisotopic (exact) mass is 263 g/mol. The molecule has 2 rings (SSSR count). The molecule has 0 radical (unpaired) electrons. The third-order valence-electron chi connectivity index (χ3n) is 3.45. The second-order valence-corrected chi connectivity index (χ2v) is 4.92. The van der Waals surface area contributed by atoms with Crippen molar-refractivity contribution in [3.05, 3.63) is 24.3 Å². The molecule has 4 nitrogen and oxygen atoms in total. The Morgan fingerprint density at radius 1 is 1.26 bits per heavy atom. The zero-order valence-electron chi connectivity index (χ0n) is 11.5. The van der Waals surface area contributed by atoms with Gasteiger partial charge in [0, 0.05) is 12.8 Å². The normalized spacial score (nSPS) is 17.2. The Hall–Kier alpha value is -1.55. The van der Waals surface area contributed by atoms with Crippen LogP contribution in [0.15, 0.2) is 24.3 Å². The summed E-state index contributed by atoms with van der Waals surface area (Å²) in [6.07, 6.45) is 4.71. The largest absolute Gasteiger partial charge is 0.490 e. The summed E-state index contributed by atoms with van der Waals surface area (Å²) in [6.45, 7) is 1.72. The molecule has 19 heavy (non-hydrogen) atoms. The first-order valence-electron chi connectivity index (χ1n) is 6.79. The van der Waals surface area contributed by atoms with Gasteiger partial charge in [-0.25, -0.2) is 0 Å². The van der Waals surface area contributed by atoms with Gasteiger partial charge in [-0.3, -0.25) is 4.79 Å². The van der Waals surface area contributed by atoms with Crippen LogP contribution in [-0.4, -0.2) is 25.2 Å². The van der Waals surface area contributed by atoms with Crippen molar-refractivity contribution in [1.82, 2.24) is 0 Å². The fraction of sp³-hybridized carbons (Fsp3) is 0.533. The lowest BCUT2D eigenvalue weighted by atomic mass is 10.2. The number of ether oxygens (including phenoxy) is 2. The van der Waals surface area contributed by atoms with Gasteiger partial charge in [-0.05, 0) is 56.9 Å². The minimum atomic E-state index is -0.450. The van der Waals surface area contributed by atoms with E-state index in [1.165, 1.54) is 20.0 Å². The maximum absolute atomic E-state index is 11.6. The van der Waals surface area contributed by atoms with Gasteiger partial charge in [0.25, 0.3) is 5.91 Å². The molecule has 1 aliphatic carbocycles. The van der Waals surface area contributed by atoms with Crippen LogP contribution in [0.2, 0.25) is 0 Å². The number of benzene rings is 1. The van der Waals surface area contributed by atoms with Crippen LogP contribution in [0.5, 0.6) is 5.75 Å². The highest BCUT2D eigenvalue weighted by molar-refractivity contribution is 5.93. The van der Waals surface area contributed by atoms with E-state index in [0.29, 0.717) is 6.10 Å². The average molecular weight is 263 g/mol. The Morgan fingerprint density at radius 2 is 1.89 bits per heavy atom. The average Bonchev–Trinajstić information content (AvgIpc) is 2.93. The van der Waals surface area contributed by atoms with Gasteiger partial charge in [-0.2, -0.15) is 0 Å². The number of rotatable bonds is 5. The van der Waals surface area contributed by atoms with E-state index in [1.807, 2.05) is 24.3 Å². The molecule has 0 bridgehead atoms. The third kappa shape index (κ3) is 3.96. The predicted molar refractivity (Wildman–Crippen MR) is 74.4 cm³/mol. The summed E-state index contributed by atoms with van der Waals surface area (Å²) in [5.41, 5.74) is 0.757. The number of hydrogen-bond donors (Lipinski definition) is 1. The van der Waals surface area contributed by atoms with Crippen LogP contribution in [0, 0.1) is 0 Å². The van der Waals surface area contributed by atoms with Gasteiger partial charge in [0.1, 0.15) is 11.9 Å². The van der Waals surface area contributed by atoms with E-state index in [2.05, 4.69) is 5.32 Å². The summed E-state index contributed by atoms with van der Waals surface area (Å²) in [7, 11) is 1.52. The van der Waals surface area contributed by atoms with Crippen molar-refractivity contribution in [3.8, 4) is 5.75 Å². The summed E-state index contributed by atoms with van der Waals surface area (Å²) < 4.78 is 10.8. The molecule has 104 valence electrons. The number of amides is 1. The molecular weight excluding hydrogens is 242 g/mol. The highest BCUT2D eigenvalue weighted by atomic mass is 16.5. The highest BCUT2D eigenvalue weighted by Gasteiger charge is 2.16. The molecule has 0 aromatic heterocycles. The second-order valence-electron chi connectivity index (χ2n) is 4.92. The lowest BCUT2D eigenvalue weighted by Gasteiger charge is -2.14. The van der Waals surface area contributed by atoms with E-state index in [9.17, 15) is 4.79 Å². The van der Waals surface area contributed by atoms with E-state index < -0.39 is 6.10 Å². The zero-order valence-corrected chi connectivity index (χ0v) is 11.5. The SMILES string of the molecule is COC(C)C(=O)Nc1ccc(OC2CCCC2)cc1. The van der Waals surface area contributed by atoms with Crippen molar-refractivity contribution in [3.63, 3.8) is 0 Å². The number of anilines is 1. The van der Waals surface area contributed by atoms with Gasteiger partial charge in [0.05, 0.1) is 6.10 Å². The molecule has 4 heteroatoms. The summed E-state index contributed by atoms with van der Waals surface area (Å²) in [4.78, 5) is 11.6. The van der Waals surface area contributed by atoms with Gasteiger partial charge < -0.3 is 14.8 Å². The summed E-state index contributed by atoms with van der Waals surface area (Å²) in [5, 5.41) is 2.79. The zero-order chi connectivity index (χ0) is 13.7. The summed E-state index contributed by atoms with van der Waals surface area (Å²) in [5.74, 6) is 0.719. The molecule has 1 N–H and O–H groups in total. The van der Waals surface area contributed by atoms with Crippen molar-refractivity contribution >= 4 is 11.6 Å². The molecule has 0 aliphatic heterocycles. The van der Waals surface area contributed by atoms with Crippen molar-refractivity contribution in [2.24, 2.45) is 0 Å². The lowest BCUT2D eigenvalue weighted by Crippen LogP contribution is -2.26. The molecule has 0 saturated heterocycles. The van der Waals surface area contributed by atoms with Crippen LogP contribution in [0.4, 0.5) is 5.69 Å². The van der Waals surface area contributed by atoms with Crippen molar-refractivity contribution in [1.29, 1.82) is 0 Å². The third-order valence-corrected chi connectivity index (χ3v) is 3.45. The number of carbonyl (C=O) groups excluding carboxylic acids is 1. The van der Waals surface area contributed by atoms with Crippen LogP contribution < -0.4 is 10.1 Å². The minimum absolute atomic E-state index is 0.146. The molecular formula is C15H21NO3. The van der Waals surface area contributed by atoms with Crippen LogP contribution in [0.3, 0.4) is 0 Å². The molecule has 1 aromatic rings. The molecule has 1 aliphatic rings. The van der Waals surface area contributed by atoms with Crippen molar-refractivity contribution in [2.45, 2.75) is 44.8 Å². The smallest absolute Gasteiger partial charge is 0.253 e. The van der Waals surface area contributed by atoms with Crippen molar-refractivity contribution in [2.75, 3.05) is 12.4 Å². The van der Waals surface area contributed by atoms with Gasteiger partial charge in [0.15, 0.2) is 0 Å². The van der Waals surface area contributed by atoms with Crippen LogP contribution in [-0.2, 0) is 9.53 Å². The maximum Gasteiger partial charge on any atom is 0.253 e. The molecule has 1 amide bonds. The van der Waals surface area contributed by atoms with Crippen molar-refractivity contribution < 1.29 is 14.3 Å². The predicted octanol–water partition coefficient (Wildman–Crippen LogP) is 2.98. The Balaban J connectivity index is 1.88. The fourth-order valence-corrected chi connectivity index (χ4v) is 2.17. The quantitative estimate of drug-likeness (QED) is 0.888. The molecule has 0 spiro atoms. The van der Waals surface area contributed by atoms with Crippen LogP contribution in [0.25, 0.3) is 0 Å². The first-order valence-corrected chi connectivity index (χ1v) is 6.79. The first-order chi connectivity index (χ1) is 9.19. The number of carbonyl (C=O) groups is 1. The molecule has 0 heterocycles. The number of hydrogen-bond acceptors (Lipinski definition) is 3. The van der Waals surface area contributed by atoms with E-state index in [1.54, 1.807) is 6.92 Å². The van der Waals surface area contributed by atoms with E-state index in [-0.39, 0.29) is 5.91 Å². The number of nitrogens with one attached hydrogen (secondary N) is 1. The molecule has 1 unspecified atom stereocenters. The standard InChI is InChI=1S/C15H21NO3/c1-11(18-2)15(17)16-12-7-9-14(10-8-12)19-13-5-3-4-6-13/h7-11,13H,3-6H2,1-2H3,(H,16,17). The Labute approximate surface area is 114 Å². The Morgan fingerprint density at radius 3 is 2.47 bits per heavy atom. The first kappa shape index (κ1) is 13.9. The lowest BCUT2D eigenvalue weighted by molar-refractivity contribution is -0.124.